The van der Waals surface area contributed by atoms with Crippen LogP contribution in [0.15, 0.2) is 121 Å². The van der Waals surface area contributed by atoms with Gasteiger partial charge in [0.25, 0.3) is 11.0 Å². The molecule has 2 aromatic heterocycles. The largest absolute Gasteiger partial charge is 0.433 e. The molecule has 38 heavy (non-hydrogen) atoms. The molecule has 176 valence electrons. The Balaban J connectivity index is 1.54. The molecule has 0 aliphatic heterocycles. The lowest BCUT2D eigenvalue weighted by Crippen LogP contribution is -2.61. The number of rotatable bonds is 4. The molecule has 2 heterocycles. The monoisotopic (exact) mass is 489 g/mol. The van der Waals surface area contributed by atoms with Crippen molar-refractivity contribution in [3.63, 3.8) is 0 Å². The minimum absolute atomic E-state index is 0.628. The molecule has 7 rings (SSSR count). The van der Waals surface area contributed by atoms with Crippen molar-refractivity contribution >= 4 is 12.2 Å². The predicted molar refractivity (Wildman–Crippen MR) is 143 cm³/mol. The van der Waals surface area contributed by atoms with Crippen LogP contribution in [0.2, 0.25) is 0 Å². The van der Waals surface area contributed by atoms with Crippen molar-refractivity contribution in [1.82, 2.24) is 20.2 Å². The molecule has 0 fully saturated rings. The van der Waals surface area contributed by atoms with Crippen LogP contribution in [0.1, 0.15) is 11.4 Å². The zero-order valence-corrected chi connectivity index (χ0v) is 20.3. The van der Waals surface area contributed by atoms with E-state index in [-0.39, 0.29) is 0 Å². The van der Waals surface area contributed by atoms with Crippen LogP contribution in [0.5, 0.6) is 0 Å². The van der Waals surface area contributed by atoms with E-state index in [2.05, 4.69) is 6.08 Å². The van der Waals surface area contributed by atoms with Gasteiger partial charge in [0.1, 0.15) is 6.08 Å². The average molecular weight is 490 g/mol. The van der Waals surface area contributed by atoms with Crippen LogP contribution >= 0.6 is 0 Å². The van der Waals surface area contributed by atoms with Gasteiger partial charge in [-0.15, -0.1) is 9.97 Å². The summed E-state index contributed by atoms with van der Waals surface area (Å²) >= 11 is 0. The van der Waals surface area contributed by atoms with Gasteiger partial charge in [-0.25, -0.2) is 0 Å². The van der Waals surface area contributed by atoms with E-state index in [0.717, 1.165) is 44.6 Å². The number of para-hydroxylation sites is 2. The number of aromatic nitrogens is 6. The Bertz CT molecular complexity index is 1890. The van der Waals surface area contributed by atoms with E-state index in [9.17, 15) is 0 Å². The molecule has 1 aliphatic rings. The van der Waals surface area contributed by atoms with Gasteiger partial charge in [-0.05, 0) is 9.36 Å². The molecule has 0 unspecified atom stereocenters. The first-order valence-electron chi connectivity index (χ1n) is 12.4. The smallest absolute Gasteiger partial charge is 0.147 e. The number of fused-ring (bicyclic) bond motifs is 2. The van der Waals surface area contributed by atoms with Crippen LogP contribution in [0, 0.1) is 0 Å². The standard InChI is InChI=1S/C32H21N6/c1-5-13-23(14-6-1)31-33-27-21-28-30(22-29(27)37(35-31)25-17-9-3-10-18-25)38(26-19-11-4-12-20-26)36-32(34-28)24-15-7-2-8-16-24/h1-21H/q+3. The topological polar surface area (TPSA) is 59.3 Å². The second-order valence-corrected chi connectivity index (χ2v) is 8.83. The predicted octanol–water partition coefficient (Wildman–Crippen LogP) is 3.00. The Morgan fingerprint density at radius 1 is 0.500 bits per heavy atom. The van der Waals surface area contributed by atoms with Crippen LogP contribution in [0.4, 0.5) is 0 Å². The van der Waals surface area contributed by atoms with Crippen LogP contribution in [-0.2, 0) is 0 Å². The Kier molecular flexibility index (Phi) is 5.28. The zero-order chi connectivity index (χ0) is 25.3. The van der Waals surface area contributed by atoms with Gasteiger partial charge >= 0.3 is 11.0 Å². The van der Waals surface area contributed by atoms with Crippen molar-refractivity contribution in [3.8, 4) is 34.2 Å². The van der Waals surface area contributed by atoms with E-state index in [1.165, 1.54) is 0 Å². The first-order valence-corrected chi connectivity index (χ1v) is 12.4. The normalized spacial score (nSPS) is 11.4. The lowest BCUT2D eigenvalue weighted by atomic mass is 10.1. The maximum atomic E-state index is 4.95. The molecular formula is C32H21N6+3. The molecule has 0 atom stereocenters. The van der Waals surface area contributed by atoms with Crippen LogP contribution in [-0.4, -0.2) is 20.2 Å². The average Bonchev–Trinajstić information content (AvgIpc) is 3.00. The van der Waals surface area contributed by atoms with Gasteiger partial charge in [0.2, 0.25) is 29.1 Å². The Morgan fingerprint density at radius 3 is 1.55 bits per heavy atom. The fourth-order valence-corrected chi connectivity index (χ4v) is 4.49. The molecule has 0 spiro atoms. The van der Waals surface area contributed by atoms with E-state index >= 15 is 0 Å². The summed E-state index contributed by atoms with van der Waals surface area (Å²) in [5.74, 6) is 1.26. The van der Waals surface area contributed by atoms with Gasteiger partial charge in [0.05, 0.1) is 0 Å². The van der Waals surface area contributed by atoms with Gasteiger partial charge in [-0.1, -0.05) is 97.1 Å². The maximum Gasteiger partial charge on any atom is 0.433 e. The summed E-state index contributed by atoms with van der Waals surface area (Å²) in [6.07, 6.45) is 5.58. The zero-order valence-electron chi connectivity index (χ0n) is 20.3. The Labute approximate surface area is 219 Å². The van der Waals surface area contributed by atoms with Crippen LogP contribution in [0.25, 0.3) is 46.3 Å². The highest BCUT2D eigenvalue weighted by atomic mass is 15.3. The van der Waals surface area contributed by atoms with Crippen molar-refractivity contribution < 1.29 is 9.36 Å². The van der Waals surface area contributed by atoms with E-state index in [0.29, 0.717) is 11.6 Å². The molecule has 6 nitrogen and oxygen atoms in total. The van der Waals surface area contributed by atoms with E-state index < -0.39 is 0 Å². The number of hydrogen-bond donors (Lipinski definition) is 0. The van der Waals surface area contributed by atoms with Crippen molar-refractivity contribution in [3.05, 3.63) is 143 Å². The van der Waals surface area contributed by atoms with Crippen molar-refractivity contribution in [2.24, 2.45) is 0 Å². The summed E-state index contributed by atoms with van der Waals surface area (Å²) in [6.45, 7) is 0. The van der Waals surface area contributed by atoms with E-state index in [4.69, 9.17) is 20.2 Å². The summed E-state index contributed by atoms with van der Waals surface area (Å²) < 4.78 is 3.79. The lowest BCUT2D eigenvalue weighted by Gasteiger charge is -2.02. The van der Waals surface area contributed by atoms with Crippen molar-refractivity contribution in [2.75, 3.05) is 0 Å². The molecular weight excluding hydrogens is 468 g/mol. The van der Waals surface area contributed by atoms with Gasteiger partial charge in [-0.2, -0.15) is 0 Å². The van der Waals surface area contributed by atoms with Crippen molar-refractivity contribution in [2.45, 2.75) is 0 Å². The maximum absolute atomic E-state index is 4.95. The second kappa shape index (κ2) is 9.21. The summed E-state index contributed by atoms with van der Waals surface area (Å²) in [5.41, 5.74) is 5.19. The van der Waals surface area contributed by atoms with Crippen molar-refractivity contribution in [1.29, 1.82) is 0 Å². The first kappa shape index (κ1) is 21.8. The molecule has 0 N–H and O–H groups in total. The number of hydrogen-bond acceptors (Lipinski definition) is 4. The minimum Gasteiger partial charge on any atom is -0.147 e. The number of benzene rings is 4. The fraction of sp³-hybridized carbons (Fsp3) is 0. The summed E-state index contributed by atoms with van der Waals surface area (Å²) in [5, 5.41) is 11.4. The third kappa shape index (κ3) is 3.91. The molecule has 0 saturated heterocycles. The summed E-state index contributed by atoms with van der Waals surface area (Å²) in [6, 6.07) is 40.1. The summed E-state index contributed by atoms with van der Waals surface area (Å²) in [4.78, 5) is 9.91. The highest BCUT2D eigenvalue weighted by molar-refractivity contribution is 5.64. The molecule has 0 saturated carbocycles. The first-order chi connectivity index (χ1) is 18.8. The van der Waals surface area contributed by atoms with Gasteiger partial charge in [-0.3, -0.25) is 0 Å². The van der Waals surface area contributed by atoms with E-state index in [1.54, 1.807) is 0 Å². The van der Waals surface area contributed by atoms with Gasteiger partial charge in [0, 0.05) is 45.6 Å². The number of nitrogens with zero attached hydrogens (tertiary/aromatic N) is 6. The second-order valence-electron chi connectivity index (χ2n) is 8.83. The summed E-state index contributed by atoms with van der Waals surface area (Å²) in [7, 11) is 0. The van der Waals surface area contributed by atoms with Gasteiger partial charge in [0.15, 0.2) is 0 Å². The van der Waals surface area contributed by atoms with Crippen LogP contribution in [0.3, 0.4) is 0 Å². The fourth-order valence-electron chi connectivity index (χ4n) is 4.49. The third-order valence-corrected chi connectivity index (χ3v) is 6.33. The van der Waals surface area contributed by atoms with Gasteiger partial charge < -0.3 is 0 Å². The van der Waals surface area contributed by atoms with Crippen LogP contribution < -0.4 is 20.1 Å². The minimum atomic E-state index is 0.628. The Hall–Kier alpha value is -5.45. The molecule has 0 amide bonds. The third-order valence-electron chi connectivity index (χ3n) is 6.33. The highest BCUT2D eigenvalue weighted by Gasteiger charge is 2.37. The molecule has 4 aromatic carbocycles. The SMILES string of the molecule is [C+]1=c2c(nc(-c3ccccc3)n[n+]2-c2ccccc2)=Cc2nc(-c3ccccc3)n[n+](-c3ccccc3)c21. The quantitative estimate of drug-likeness (QED) is 0.282. The van der Waals surface area contributed by atoms with E-state index in [1.807, 2.05) is 137 Å². The Morgan fingerprint density at radius 2 is 0.974 bits per heavy atom. The molecule has 6 heteroatoms. The molecule has 0 bridgehead atoms. The lowest BCUT2D eigenvalue weighted by molar-refractivity contribution is -0.676. The molecule has 6 aromatic rings. The molecule has 1 aliphatic carbocycles. The highest BCUT2D eigenvalue weighted by Crippen LogP contribution is 2.17. The molecule has 0 radical (unpaired) electrons.